The first-order valence-corrected chi connectivity index (χ1v) is 9.47. The molecule has 1 N–H and O–H groups in total. The Labute approximate surface area is 169 Å². The van der Waals surface area contributed by atoms with Crippen LogP contribution in [0.25, 0.3) is 5.70 Å². The molecule has 146 valence electrons. The summed E-state index contributed by atoms with van der Waals surface area (Å²) in [6, 6.07) is 10.8. The zero-order chi connectivity index (χ0) is 20.8. The monoisotopic (exact) mass is 387 g/mol. The first-order chi connectivity index (χ1) is 14.0. The molecule has 29 heavy (non-hydrogen) atoms. The Hall–Kier alpha value is -3.71. The second-order valence-corrected chi connectivity index (χ2v) is 7.03. The van der Waals surface area contributed by atoms with Crippen molar-refractivity contribution in [1.82, 2.24) is 10.2 Å². The van der Waals surface area contributed by atoms with E-state index in [-0.39, 0.29) is 24.3 Å². The number of rotatable bonds is 4. The van der Waals surface area contributed by atoms with Gasteiger partial charge in [-0.15, -0.1) is 0 Å². The lowest BCUT2D eigenvalue weighted by Gasteiger charge is -2.19. The SMILES string of the molecule is C[C@H]1C=NC(c2ccc(C#N)cc2)=CC(C(=O)NCC(=O)N2CCCC2C#N)=C1. The van der Waals surface area contributed by atoms with Crippen LogP contribution in [-0.4, -0.2) is 42.1 Å². The zero-order valence-electron chi connectivity index (χ0n) is 16.1. The maximum atomic E-state index is 12.7. The molecule has 3 rings (SSSR count). The molecule has 2 aliphatic rings. The molecule has 1 unspecified atom stereocenters. The quantitative estimate of drug-likeness (QED) is 0.854. The third kappa shape index (κ3) is 4.77. The molecule has 0 saturated carbocycles. The van der Waals surface area contributed by atoms with Crippen molar-refractivity contribution in [2.75, 3.05) is 13.1 Å². The summed E-state index contributed by atoms with van der Waals surface area (Å²) < 4.78 is 0. The number of hydrogen-bond acceptors (Lipinski definition) is 5. The van der Waals surface area contributed by atoms with Gasteiger partial charge in [0.05, 0.1) is 29.9 Å². The molecule has 0 spiro atoms. The van der Waals surface area contributed by atoms with E-state index >= 15 is 0 Å². The smallest absolute Gasteiger partial charge is 0.251 e. The van der Waals surface area contributed by atoms with Gasteiger partial charge in [0.15, 0.2) is 0 Å². The van der Waals surface area contributed by atoms with Crippen LogP contribution in [0.1, 0.15) is 30.9 Å². The molecule has 0 aliphatic carbocycles. The summed E-state index contributed by atoms with van der Waals surface area (Å²) in [5.74, 6) is -0.674. The molecule has 1 fully saturated rings. The minimum atomic E-state index is -0.409. The lowest BCUT2D eigenvalue weighted by atomic mass is 10.1. The molecule has 7 nitrogen and oxygen atoms in total. The van der Waals surface area contributed by atoms with E-state index in [1.807, 2.05) is 6.92 Å². The van der Waals surface area contributed by atoms with Crippen LogP contribution in [0, 0.1) is 28.6 Å². The van der Waals surface area contributed by atoms with E-state index in [9.17, 15) is 9.59 Å². The Kier molecular flexibility index (Phi) is 6.21. The third-order valence-corrected chi connectivity index (χ3v) is 4.88. The van der Waals surface area contributed by atoms with Crippen LogP contribution in [0.2, 0.25) is 0 Å². The van der Waals surface area contributed by atoms with Gasteiger partial charge in [-0.1, -0.05) is 25.1 Å². The van der Waals surface area contributed by atoms with E-state index in [4.69, 9.17) is 10.5 Å². The summed E-state index contributed by atoms with van der Waals surface area (Å²) >= 11 is 0. The molecule has 0 aromatic heterocycles. The predicted octanol–water partition coefficient (Wildman–Crippen LogP) is 2.18. The summed E-state index contributed by atoms with van der Waals surface area (Å²) in [5.41, 5.74) is 2.36. The number of allylic oxidation sites excluding steroid dienone is 1. The number of nitrogens with one attached hydrogen (secondary N) is 1. The van der Waals surface area contributed by atoms with Crippen molar-refractivity contribution in [3.05, 3.63) is 53.1 Å². The molecule has 1 saturated heterocycles. The lowest BCUT2D eigenvalue weighted by molar-refractivity contribution is -0.132. The normalized spacial score (nSPS) is 20.7. The first kappa shape index (κ1) is 20.0. The molecule has 0 bridgehead atoms. The number of nitrogens with zero attached hydrogens (tertiary/aromatic N) is 4. The van der Waals surface area contributed by atoms with Crippen molar-refractivity contribution in [2.45, 2.75) is 25.8 Å². The van der Waals surface area contributed by atoms with Crippen molar-refractivity contribution in [3.63, 3.8) is 0 Å². The average molecular weight is 387 g/mol. The minimum Gasteiger partial charge on any atom is -0.343 e. The third-order valence-electron chi connectivity index (χ3n) is 4.88. The second kappa shape index (κ2) is 8.99. The topological polar surface area (TPSA) is 109 Å². The van der Waals surface area contributed by atoms with Gasteiger partial charge in [-0.05, 0) is 31.1 Å². The first-order valence-electron chi connectivity index (χ1n) is 9.47. The summed E-state index contributed by atoms with van der Waals surface area (Å²) in [7, 11) is 0. The molecule has 2 heterocycles. The number of carbonyl (C=O) groups excluding carboxylic acids is 2. The van der Waals surface area contributed by atoms with Crippen LogP contribution in [0.3, 0.4) is 0 Å². The van der Waals surface area contributed by atoms with Crippen LogP contribution >= 0.6 is 0 Å². The number of nitriles is 2. The van der Waals surface area contributed by atoms with Gasteiger partial charge in [0.2, 0.25) is 5.91 Å². The molecule has 2 atom stereocenters. The van der Waals surface area contributed by atoms with E-state index in [1.165, 1.54) is 4.90 Å². The highest BCUT2D eigenvalue weighted by atomic mass is 16.2. The van der Waals surface area contributed by atoms with E-state index < -0.39 is 6.04 Å². The fourth-order valence-corrected chi connectivity index (χ4v) is 3.33. The van der Waals surface area contributed by atoms with Crippen LogP contribution in [0.5, 0.6) is 0 Å². The van der Waals surface area contributed by atoms with Crippen LogP contribution in [0.15, 0.2) is 47.0 Å². The Bertz CT molecular complexity index is 976. The molecular weight excluding hydrogens is 366 g/mol. The fraction of sp³-hybridized carbons (Fsp3) is 0.318. The Morgan fingerprint density at radius 1 is 1.28 bits per heavy atom. The second-order valence-electron chi connectivity index (χ2n) is 7.03. The number of benzene rings is 1. The number of aliphatic imine (C=N–C) groups is 1. The van der Waals surface area contributed by atoms with Crippen molar-refractivity contribution >= 4 is 23.7 Å². The van der Waals surface area contributed by atoms with Crippen LogP contribution in [0.4, 0.5) is 0 Å². The van der Waals surface area contributed by atoms with E-state index in [0.717, 1.165) is 12.0 Å². The Balaban J connectivity index is 1.72. The standard InChI is InChI=1S/C22H21N5O2/c1-15-9-18(10-20(25-13-15)17-6-4-16(11-23)5-7-17)22(29)26-14-21(28)27-8-2-3-19(27)12-24/h4-7,9-10,13,15,19H,2-3,8,14H2,1H3,(H,26,29)/t15-,19?/m1/s1. The average Bonchev–Trinajstić information content (AvgIpc) is 3.14. The minimum absolute atomic E-state index is 0.0554. The van der Waals surface area contributed by atoms with Crippen molar-refractivity contribution in [3.8, 4) is 12.1 Å². The van der Waals surface area contributed by atoms with Gasteiger partial charge in [-0.25, -0.2) is 0 Å². The van der Waals surface area contributed by atoms with Crippen LogP contribution in [-0.2, 0) is 9.59 Å². The molecule has 7 heteroatoms. The van der Waals surface area contributed by atoms with E-state index in [2.05, 4.69) is 22.4 Å². The number of likely N-dealkylation sites (tertiary alicyclic amines) is 1. The van der Waals surface area contributed by atoms with Gasteiger partial charge in [0, 0.05) is 29.8 Å². The van der Waals surface area contributed by atoms with Gasteiger partial charge in [-0.3, -0.25) is 14.6 Å². The highest BCUT2D eigenvalue weighted by molar-refractivity contribution is 6.01. The van der Waals surface area contributed by atoms with Crippen LogP contribution < -0.4 is 5.32 Å². The van der Waals surface area contributed by atoms with Gasteiger partial charge < -0.3 is 10.2 Å². The van der Waals surface area contributed by atoms with Gasteiger partial charge in [0.1, 0.15) is 6.04 Å². The van der Waals surface area contributed by atoms with Gasteiger partial charge in [-0.2, -0.15) is 10.5 Å². The summed E-state index contributed by atoms with van der Waals surface area (Å²) in [4.78, 5) is 31.0. The fourth-order valence-electron chi connectivity index (χ4n) is 3.33. The summed E-state index contributed by atoms with van der Waals surface area (Å²) in [6.45, 7) is 2.31. The maximum Gasteiger partial charge on any atom is 0.251 e. The highest BCUT2D eigenvalue weighted by Gasteiger charge is 2.28. The largest absolute Gasteiger partial charge is 0.343 e. The highest BCUT2D eigenvalue weighted by Crippen LogP contribution is 2.22. The molecule has 1 aromatic carbocycles. The van der Waals surface area contributed by atoms with Crippen molar-refractivity contribution in [1.29, 1.82) is 10.5 Å². The molecule has 1 aromatic rings. The Morgan fingerprint density at radius 3 is 2.72 bits per heavy atom. The number of carbonyl (C=O) groups is 2. The van der Waals surface area contributed by atoms with Crippen molar-refractivity contribution < 1.29 is 9.59 Å². The summed E-state index contributed by atoms with van der Waals surface area (Å²) in [5, 5.41) is 20.7. The number of amides is 2. The van der Waals surface area contributed by atoms with E-state index in [1.54, 1.807) is 42.6 Å². The molecule has 2 amide bonds. The maximum absolute atomic E-state index is 12.7. The molecular formula is C22H21N5O2. The zero-order valence-corrected chi connectivity index (χ0v) is 16.1. The number of hydrogen-bond donors (Lipinski definition) is 1. The molecule has 2 aliphatic heterocycles. The summed E-state index contributed by atoms with van der Waals surface area (Å²) in [6.07, 6.45) is 6.68. The van der Waals surface area contributed by atoms with Gasteiger partial charge in [0.25, 0.3) is 5.91 Å². The van der Waals surface area contributed by atoms with E-state index in [0.29, 0.717) is 29.8 Å². The van der Waals surface area contributed by atoms with Crippen molar-refractivity contribution in [2.24, 2.45) is 10.9 Å². The lowest BCUT2D eigenvalue weighted by Crippen LogP contribution is -2.42. The Morgan fingerprint density at radius 2 is 2.03 bits per heavy atom. The van der Waals surface area contributed by atoms with Gasteiger partial charge >= 0.3 is 0 Å². The predicted molar refractivity (Wildman–Crippen MR) is 108 cm³/mol. The molecule has 0 radical (unpaired) electrons.